The van der Waals surface area contributed by atoms with Gasteiger partial charge in [0.05, 0.1) is 18.9 Å². The Hall–Kier alpha value is -1.27. The van der Waals surface area contributed by atoms with Crippen LogP contribution in [0.25, 0.3) is 10.6 Å². The highest BCUT2D eigenvalue weighted by Crippen LogP contribution is 2.28. The number of benzene rings is 1. The number of hydrogen-bond donors (Lipinski definition) is 1. The second-order valence-electron chi connectivity index (χ2n) is 4.86. The normalized spacial score (nSPS) is 11.0. The second kappa shape index (κ2) is 8.24. The molecule has 0 aliphatic carbocycles. The Morgan fingerprint density at radius 2 is 1.90 bits per heavy atom. The smallest absolute Gasteiger partial charge is 0.124 e. The number of ether oxygens (including phenoxy) is 2. The van der Waals surface area contributed by atoms with Crippen molar-refractivity contribution in [2.24, 2.45) is 0 Å². The molecule has 2 aromatic rings. The topological polar surface area (TPSA) is 43.4 Å². The first-order valence-corrected chi connectivity index (χ1v) is 7.80. The van der Waals surface area contributed by atoms with Crippen LogP contribution in [-0.2, 0) is 22.6 Å². The van der Waals surface area contributed by atoms with E-state index in [1.54, 1.807) is 25.6 Å². The Morgan fingerprint density at radius 3 is 2.57 bits per heavy atom. The van der Waals surface area contributed by atoms with Gasteiger partial charge in [0.1, 0.15) is 5.01 Å². The van der Waals surface area contributed by atoms with Crippen LogP contribution < -0.4 is 5.32 Å². The average Bonchev–Trinajstić information content (AvgIpc) is 2.88. The number of methoxy groups -OCH3 is 2. The molecule has 0 radical (unpaired) electrons. The van der Waals surface area contributed by atoms with Gasteiger partial charge in [-0.3, -0.25) is 0 Å². The standard InChI is InChI=1S/C16H22N2O2S/c1-12-4-6-13(7-5-12)16-18-14(11-20-3)15(21-16)10-17-8-9-19-2/h4-7,17H,8-11H2,1-3H3. The van der Waals surface area contributed by atoms with E-state index < -0.39 is 0 Å². The van der Waals surface area contributed by atoms with Crippen LogP contribution in [0, 0.1) is 6.92 Å². The van der Waals surface area contributed by atoms with Crippen LogP contribution >= 0.6 is 11.3 Å². The Morgan fingerprint density at radius 1 is 1.14 bits per heavy atom. The van der Waals surface area contributed by atoms with Gasteiger partial charge in [-0.25, -0.2) is 4.98 Å². The highest BCUT2D eigenvalue weighted by Gasteiger charge is 2.12. The van der Waals surface area contributed by atoms with Gasteiger partial charge in [-0.1, -0.05) is 29.8 Å². The quantitative estimate of drug-likeness (QED) is 0.761. The first kappa shape index (κ1) is 16.1. The summed E-state index contributed by atoms with van der Waals surface area (Å²) in [5, 5.41) is 4.41. The molecule has 0 fully saturated rings. The summed E-state index contributed by atoms with van der Waals surface area (Å²) in [6, 6.07) is 8.46. The van der Waals surface area contributed by atoms with Crippen molar-refractivity contribution in [2.45, 2.75) is 20.1 Å². The summed E-state index contributed by atoms with van der Waals surface area (Å²) in [4.78, 5) is 5.95. The Labute approximate surface area is 130 Å². The molecule has 0 amide bonds. The van der Waals surface area contributed by atoms with E-state index in [1.165, 1.54) is 10.4 Å². The summed E-state index contributed by atoms with van der Waals surface area (Å²) in [5.41, 5.74) is 3.43. The van der Waals surface area contributed by atoms with Crippen LogP contribution in [0.15, 0.2) is 24.3 Å². The number of hydrogen-bond acceptors (Lipinski definition) is 5. The number of aryl methyl sites for hydroxylation is 1. The number of rotatable bonds is 8. The van der Waals surface area contributed by atoms with Gasteiger partial charge in [-0.05, 0) is 6.92 Å². The molecule has 1 heterocycles. The Bertz CT molecular complexity index is 552. The summed E-state index contributed by atoms with van der Waals surface area (Å²) < 4.78 is 10.3. The Kier molecular flexibility index (Phi) is 6.32. The monoisotopic (exact) mass is 306 g/mol. The van der Waals surface area contributed by atoms with Gasteiger partial charge >= 0.3 is 0 Å². The van der Waals surface area contributed by atoms with Gasteiger partial charge < -0.3 is 14.8 Å². The molecule has 114 valence electrons. The van der Waals surface area contributed by atoms with Gasteiger partial charge in [0.25, 0.3) is 0 Å². The third-order valence-corrected chi connectivity index (χ3v) is 4.27. The lowest BCUT2D eigenvalue weighted by Crippen LogP contribution is -2.18. The molecular formula is C16H22N2O2S. The Balaban J connectivity index is 2.13. The lowest BCUT2D eigenvalue weighted by Gasteiger charge is -2.03. The summed E-state index contributed by atoms with van der Waals surface area (Å²) in [6.45, 7) is 4.98. The number of aromatic nitrogens is 1. The molecule has 0 spiro atoms. The van der Waals surface area contributed by atoms with Crippen molar-refractivity contribution in [1.29, 1.82) is 0 Å². The fraction of sp³-hybridized carbons (Fsp3) is 0.438. The van der Waals surface area contributed by atoms with E-state index in [1.807, 2.05) is 0 Å². The van der Waals surface area contributed by atoms with E-state index >= 15 is 0 Å². The zero-order valence-electron chi connectivity index (χ0n) is 12.8. The van der Waals surface area contributed by atoms with Crippen molar-refractivity contribution in [3.8, 4) is 10.6 Å². The molecule has 0 bridgehead atoms. The number of thiazole rings is 1. The summed E-state index contributed by atoms with van der Waals surface area (Å²) in [6.07, 6.45) is 0. The van der Waals surface area contributed by atoms with Crippen LogP contribution in [0.2, 0.25) is 0 Å². The maximum absolute atomic E-state index is 5.26. The van der Waals surface area contributed by atoms with Gasteiger partial charge in [0.2, 0.25) is 0 Å². The zero-order chi connectivity index (χ0) is 15.1. The van der Waals surface area contributed by atoms with Crippen LogP contribution in [-0.4, -0.2) is 32.4 Å². The van der Waals surface area contributed by atoms with E-state index in [2.05, 4.69) is 36.5 Å². The molecule has 1 aromatic heterocycles. The van der Waals surface area contributed by atoms with Gasteiger partial charge in [0.15, 0.2) is 0 Å². The van der Waals surface area contributed by atoms with Crippen molar-refractivity contribution in [1.82, 2.24) is 10.3 Å². The van der Waals surface area contributed by atoms with Crippen LogP contribution in [0.3, 0.4) is 0 Å². The number of nitrogens with zero attached hydrogens (tertiary/aromatic N) is 1. The molecular weight excluding hydrogens is 284 g/mol. The first-order valence-electron chi connectivity index (χ1n) is 6.98. The molecule has 21 heavy (non-hydrogen) atoms. The van der Waals surface area contributed by atoms with Crippen molar-refractivity contribution in [3.05, 3.63) is 40.4 Å². The third kappa shape index (κ3) is 4.61. The van der Waals surface area contributed by atoms with Crippen molar-refractivity contribution in [3.63, 3.8) is 0 Å². The molecule has 0 aliphatic heterocycles. The summed E-state index contributed by atoms with van der Waals surface area (Å²) in [5.74, 6) is 0. The maximum Gasteiger partial charge on any atom is 0.124 e. The number of nitrogens with one attached hydrogen (secondary N) is 1. The van der Waals surface area contributed by atoms with E-state index in [9.17, 15) is 0 Å². The fourth-order valence-corrected chi connectivity index (χ4v) is 3.01. The third-order valence-electron chi connectivity index (χ3n) is 3.13. The first-order chi connectivity index (χ1) is 10.2. The molecule has 0 saturated carbocycles. The predicted molar refractivity (Wildman–Crippen MR) is 86.6 cm³/mol. The minimum Gasteiger partial charge on any atom is -0.383 e. The molecule has 4 nitrogen and oxygen atoms in total. The molecule has 0 unspecified atom stereocenters. The average molecular weight is 306 g/mol. The van der Waals surface area contributed by atoms with Crippen molar-refractivity contribution >= 4 is 11.3 Å². The molecule has 2 rings (SSSR count). The second-order valence-corrected chi connectivity index (χ2v) is 5.94. The fourth-order valence-electron chi connectivity index (χ4n) is 1.97. The van der Waals surface area contributed by atoms with Crippen LogP contribution in [0.4, 0.5) is 0 Å². The van der Waals surface area contributed by atoms with E-state index in [-0.39, 0.29) is 0 Å². The van der Waals surface area contributed by atoms with E-state index in [4.69, 9.17) is 14.5 Å². The minimum atomic E-state index is 0.545. The lowest BCUT2D eigenvalue weighted by molar-refractivity contribution is 0.181. The molecule has 5 heteroatoms. The highest BCUT2D eigenvalue weighted by molar-refractivity contribution is 7.15. The lowest BCUT2D eigenvalue weighted by atomic mass is 10.2. The summed E-state index contributed by atoms with van der Waals surface area (Å²) in [7, 11) is 3.41. The molecule has 1 N–H and O–H groups in total. The molecule has 1 aromatic carbocycles. The van der Waals surface area contributed by atoms with Gasteiger partial charge in [-0.15, -0.1) is 11.3 Å². The maximum atomic E-state index is 5.26. The van der Waals surface area contributed by atoms with Crippen LogP contribution in [0.5, 0.6) is 0 Å². The van der Waals surface area contributed by atoms with Crippen molar-refractivity contribution in [2.75, 3.05) is 27.4 Å². The SMILES string of the molecule is COCCNCc1sc(-c2ccc(C)cc2)nc1COC. The highest BCUT2D eigenvalue weighted by atomic mass is 32.1. The molecule has 0 saturated heterocycles. The zero-order valence-corrected chi connectivity index (χ0v) is 13.6. The van der Waals surface area contributed by atoms with E-state index in [0.717, 1.165) is 29.4 Å². The molecule has 0 aliphatic rings. The van der Waals surface area contributed by atoms with Crippen LogP contribution in [0.1, 0.15) is 16.1 Å². The summed E-state index contributed by atoms with van der Waals surface area (Å²) >= 11 is 1.72. The van der Waals surface area contributed by atoms with E-state index in [0.29, 0.717) is 13.2 Å². The largest absolute Gasteiger partial charge is 0.383 e. The predicted octanol–water partition coefficient (Wildman–Crippen LogP) is 3.00. The molecule has 0 atom stereocenters. The van der Waals surface area contributed by atoms with Gasteiger partial charge in [-0.2, -0.15) is 0 Å². The van der Waals surface area contributed by atoms with Crippen molar-refractivity contribution < 1.29 is 9.47 Å². The minimum absolute atomic E-state index is 0.545. The van der Waals surface area contributed by atoms with Gasteiger partial charge in [0, 0.05) is 37.7 Å².